The van der Waals surface area contributed by atoms with Crippen molar-refractivity contribution in [2.75, 3.05) is 12.8 Å². The molecule has 0 amide bonds. The fourth-order valence-corrected chi connectivity index (χ4v) is 3.05. The number of nitrogen functional groups attached to an aromatic ring is 1. The molecule has 1 aromatic heterocycles. The minimum Gasteiger partial charge on any atom is -0.497 e. The quantitative estimate of drug-likeness (QED) is 0.488. The zero-order valence-electron chi connectivity index (χ0n) is 14.9. The number of alkyl halides is 3. The van der Waals surface area contributed by atoms with Gasteiger partial charge in [0, 0.05) is 11.3 Å². The highest BCUT2D eigenvalue weighted by atomic mass is 19.4. The van der Waals surface area contributed by atoms with Crippen LogP contribution in [-0.2, 0) is 6.18 Å². The van der Waals surface area contributed by atoms with Crippen LogP contribution in [0.1, 0.15) is 5.69 Å². The molecule has 28 heavy (non-hydrogen) atoms. The number of aromatic nitrogens is 2. The normalized spacial score (nSPS) is 11.7. The van der Waals surface area contributed by atoms with Crippen molar-refractivity contribution in [3.8, 4) is 22.7 Å². The Morgan fingerprint density at radius 1 is 0.893 bits per heavy atom. The van der Waals surface area contributed by atoms with Gasteiger partial charge in [0.2, 0.25) is 0 Å². The summed E-state index contributed by atoms with van der Waals surface area (Å²) in [5.41, 5.74) is 6.73. The lowest BCUT2D eigenvalue weighted by molar-refractivity contribution is -0.141. The van der Waals surface area contributed by atoms with Crippen molar-refractivity contribution in [2.45, 2.75) is 6.18 Å². The lowest BCUT2D eigenvalue weighted by Gasteiger charge is -2.09. The highest BCUT2D eigenvalue weighted by molar-refractivity contribution is 5.88. The molecule has 4 rings (SSSR count). The van der Waals surface area contributed by atoms with E-state index in [-0.39, 0.29) is 0 Å². The molecular formula is C21H16F3N3O. The molecule has 0 aliphatic rings. The Morgan fingerprint density at radius 2 is 1.57 bits per heavy atom. The van der Waals surface area contributed by atoms with E-state index in [9.17, 15) is 13.2 Å². The topological polar surface area (TPSA) is 53.1 Å². The lowest BCUT2D eigenvalue weighted by Crippen LogP contribution is -2.07. The van der Waals surface area contributed by atoms with Crippen LogP contribution in [0.25, 0.3) is 27.7 Å². The van der Waals surface area contributed by atoms with Crippen LogP contribution in [0.3, 0.4) is 0 Å². The van der Waals surface area contributed by atoms with E-state index in [1.165, 1.54) is 4.68 Å². The lowest BCUT2D eigenvalue weighted by atomic mass is 10.0. The third-order valence-electron chi connectivity index (χ3n) is 4.48. The minimum atomic E-state index is -4.54. The molecule has 0 fully saturated rings. The van der Waals surface area contributed by atoms with E-state index in [0.29, 0.717) is 28.4 Å². The van der Waals surface area contributed by atoms with E-state index in [2.05, 4.69) is 5.10 Å². The van der Waals surface area contributed by atoms with Crippen molar-refractivity contribution >= 4 is 16.5 Å². The van der Waals surface area contributed by atoms with Gasteiger partial charge in [-0.1, -0.05) is 18.2 Å². The number of anilines is 1. The Labute approximate surface area is 159 Å². The molecule has 0 atom stereocenters. The number of halogens is 3. The van der Waals surface area contributed by atoms with E-state index >= 15 is 0 Å². The number of nitrogens with two attached hydrogens (primary N) is 1. The summed E-state index contributed by atoms with van der Waals surface area (Å²) in [6, 6.07) is 18.6. The van der Waals surface area contributed by atoms with E-state index in [4.69, 9.17) is 10.5 Å². The Balaban J connectivity index is 1.89. The Bertz CT molecular complexity index is 1150. The molecule has 0 unspecified atom stereocenters. The maximum atomic E-state index is 13.3. The first kappa shape index (κ1) is 17.9. The van der Waals surface area contributed by atoms with Crippen molar-refractivity contribution in [2.24, 2.45) is 0 Å². The SMILES string of the molecule is COc1ccc2cc(-c3cc(C(F)(F)F)nn3-c3ccc(N)cc3)ccc2c1. The number of fused-ring (bicyclic) bond motifs is 1. The molecule has 4 nitrogen and oxygen atoms in total. The van der Waals surface area contributed by atoms with Gasteiger partial charge in [-0.05, 0) is 59.3 Å². The van der Waals surface area contributed by atoms with Gasteiger partial charge in [-0.3, -0.25) is 0 Å². The maximum absolute atomic E-state index is 13.3. The highest BCUT2D eigenvalue weighted by Gasteiger charge is 2.35. The maximum Gasteiger partial charge on any atom is 0.435 e. The molecule has 2 N–H and O–H groups in total. The minimum absolute atomic E-state index is 0.342. The van der Waals surface area contributed by atoms with Gasteiger partial charge in [0.15, 0.2) is 5.69 Å². The third-order valence-corrected chi connectivity index (χ3v) is 4.48. The second-order valence-corrected chi connectivity index (χ2v) is 6.34. The molecule has 142 valence electrons. The predicted molar refractivity (Wildman–Crippen MR) is 102 cm³/mol. The average Bonchev–Trinajstić information content (AvgIpc) is 3.13. The summed E-state index contributed by atoms with van der Waals surface area (Å²) in [4.78, 5) is 0. The second-order valence-electron chi connectivity index (χ2n) is 6.34. The van der Waals surface area contributed by atoms with Gasteiger partial charge >= 0.3 is 6.18 Å². The summed E-state index contributed by atoms with van der Waals surface area (Å²) in [6.45, 7) is 0. The highest BCUT2D eigenvalue weighted by Crippen LogP contribution is 2.34. The van der Waals surface area contributed by atoms with Crippen LogP contribution in [0.2, 0.25) is 0 Å². The third kappa shape index (κ3) is 3.26. The van der Waals surface area contributed by atoms with Gasteiger partial charge in [0.25, 0.3) is 0 Å². The molecular weight excluding hydrogens is 367 g/mol. The van der Waals surface area contributed by atoms with Gasteiger partial charge < -0.3 is 10.5 Å². The molecule has 4 aromatic rings. The molecule has 0 aliphatic heterocycles. The fraction of sp³-hybridized carbons (Fsp3) is 0.0952. The van der Waals surface area contributed by atoms with Crippen molar-refractivity contribution in [3.05, 3.63) is 72.4 Å². The van der Waals surface area contributed by atoms with E-state index in [1.807, 2.05) is 30.3 Å². The summed E-state index contributed by atoms with van der Waals surface area (Å²) in [5.74, 6) is 0.714. The Morgan fingerprint density at radius 3 is 2.25 bits per heavy atom. The molecule has 3 aromatic carbocycles. The zero-order chi connectivity index (χ0) is 19.9. The number of hydrogen-bond acceptors (Lipinski definition) is 3. The molecule has 0 saturated carbocycles. The predicted octanol–water partition coefficient (Wildman–Crippen LogP) is 5.30. The first-order chi connectivity index (χ1) is 13.3. The van der Waals surface area contributed by atoms with Gasteiger partial charge in [-0.2, -0.15) is 18.3 Å². The van der Waals surface area contributed by atoms with Gasteiger partial charge in [-0.25, -0.2) is 4.68 Å². The Kier molecular flexibility index (Phi) is 4.22. The molecule has 0 spiro atoms. The van der Waals surface area contributed by atoms with Gasteiger partial charge in [0.1, 0.15) is 5.75 Å². The van der Waals surface area contributed by atoms with Crippen molar-refractivity contribution < 1.29 is 17.9 Å². The number of methoxy groups -OCH3 is 1. The van der Waals surface area contributed by atoms with Gasteiger partial charge in [0.05, 0.1) is 18.5 Å². The van der Waals surface area contributed by atoms with Crippen LogP contribution >= 0.6 is 0 Å². The van der Waals surface area contributed by atoms with Crippen LogP contribution in [0.5, 0.6) is 5.75 Å². The molecule has 0 aliphatic carbocycles. The number of benzene rings is 3. The first-order valence-electron chi connectivity index (χ1n) is 8.46. The molecule has 1 heterocycles. The van der Waals surface area contributed by atoms with Crippen LogP contribution < -0.4 is 10.5 Å². The van der Waals surface area contributed by atoms with E-state index in [0.717, 1.165) is 16.8 Å². The van der Waals surface area contributed by atoms with Crippen LogP contribution in [0.15, 0.2) is 66.7 Å². The smallest absolute Gasteiger partial charge is 0.435 e. The molecule has 7 heteroatoms. The fourth-order valence-electron chi connectivity index (χ4n) is 3.05. The van der Waals surface area contributed by atoms with Crippen molar-refractivity contribution in [1.29, 1.82) is 0 Å². The van der Waals surface area contributed by atoms with Crippen molar-refractivity contribution in [1.82, 2.24) is 9.78 Å². The number of ether oxygens (including phenoxy) is 1. The summed E-state index contributed by atoms with van der Waals surface area (Å²) < 4.78 is 46.4. The average molecular weight is 383 g/mol. The number of hydrogen-bond donors (Lipinski definition) is 1. The standard InChI is InChI=1S/C21H16F3N3O/c1-28-18-9-4-13-10-15(3-2-14(13)11-18)19-12-20(21(22,23)24)26-27(19)17-7-5-16(25)6-8-17/h2-12H,25H2,1H3. The monoisotopic (exact) mass is 383 g/mol. The first-order valence-corrected chi connectivity index (χ1v) is 8.46. The van der Waals surface area contributed by atoms with Crippen LogP contribution in [-0.4, -0.2) is 16.9 Å². The molecule has 0 saturated heterocycles. The van der Waals surface area contributed by atoms with Crippen LogP contribution in [0.4, 0.5) is 18.9 Å². The summed E-state index contributed by atoms with van der Waals surface area (Å²) >= 11 is 0. The second kappa shape index (κ2) is 6.60. The summed E-state index contributed by atoms with van der Waals surface area (Å²) in [6.07, 6.45) is -4.54. The number of rotatable bonds is 3. The summed E-state index contributed by atoms with van der Waals surface area (Å²) in [5, 5.41) is 5.61. The molecule has 0 bridgehead atoms. The summed E-state index contributed by atoms with van der Waals surface area (Å²) in [7, 11) is 1.58. The molecule has 0 radical (unpaired) electrons. The Hall–Kier alpha value is -3.48. The van der Waals surface area contributed by atoms with Crippen molar-refractivity contribution in [3.63, 3.8) is 0 Å². The van der Waals surface area contributed by atoms with E-state index in [1.54, 1.807) is 37.4 Å². The largest absolute Gasteiger partial charge is 0.497 e. The van der Waals surface area contributed by atoms with Crippen LogP contribution in [0, 0.1) is 0 Å². The van der Waals surface area contributed by atoms with Gasteiger partial charge in [-0.15, -0.1) is 0 Å². The zero-order valence-corrected chi connectivity index (χ0v) is 14.9. The van der Waals surface area contributed by atoms with E-state index < -0.39 is 11.9 Å². The number of nitrogens with zero attached hydrogens (tertiary/aromatic N) is 2.